The molecular weight excluding hydrogens is 248 g/mol. The van der Waals surface area contributed by atoms with E-state index < -0.39 is 0 Å². The fourth-order valence-electron chi connectivity index (χ4n) is 3.03. The summed E-state index contributed by atoms with van der Waals surface area (Å²) in [5.41, 5.74) is 0. The van der Waals surface area contributed by atoms with E-state index in [9.17, 15) is 0 Å². The van der Waals surface area contributed by atoms with E-state index in [0.29, 0.717) is 12.0 Å². The molecule has 4 nitrogen and oxygen atoms in total. The first-order valence-corrected chi connectivity index (χ1v) is 8.06. The number of hydrogen-bond acceptors (Lipinski definition) is 2. The van der Waals surface area contributed by atoms with Gasteiger partial charge in [0, 0.05) is 34.2 Å². The zero-order valence-corrected chi connectivity index (χ0v) is 14.4. The summed E-state index contributed by atoms with van der Waals surface area (Å²) in [4.78, 5) is 11.7. The highest BCUT2D eigenvalue weighted by molar-refractivity contribution is 5.79. The Balaban J connectivity index is 2.73. The van der Waals surface area contributed by atoms with Crippen LogP contribution in [0.3, 0.4) is 0 Å². The summed E-state index contributed by atoms with van der Waals surface area (Å²) in [6.45, 7) is 8.06. The summed E-state index contributed by atoms with van der Waals surface area (Å²) in [6.07, 6.45) is 5.48. The van der Waals surface area contributed by atoms with Crippen molar-refractivity contribution in [1.29, 1.82) is 0 Å². The molecule has 1 rings (SSSR count). The zero-order valence-electron chi connectivity index (χ0n) is 14.4. The standard InChI is InChI=1S/C16H34N4/c1-14(2)15(20-11-9-7-8-10-12-20)13-17-16(18(3)4)19(5)6/h14-15H,7-13H2,1-6H3. The molecule has 0 aliphatic carbocycles. The first kappa shape index (κ1) is 17.3. The molecule has 0 radical (unpaired) electrons. The second kappa shape index (κ2) is 8.50. The Hall–Kier alpha value is -0.770. The van der Waals surface area contributed by atoms with E-state index in [1.54, 1.807) is 0 Å². The number of rotatable bonds is 4. The molecule has 1 unspecified atom stereocenters. The lowest BCUT2D eigenvalue weighted by molar-refractivity contribution is 0.165. The molecular formula is C16H34N4. The van der Waals surface area contributed by atoms with Crippen LogP contribution in [0.4, 0.5) is 0 Å². The molecule has 0 bridgehead atoms. The molecule has 118 valence electrons. The van der Waals surface area contributed by atoms with E-state index in [1.807, 2.05) is 0 Å². The van der Waals surface area contributed by atoms with Crippen LogP contribution in [0.25, 0.3) is 0 Å². The third kappa shape index (κ3) is 5.31. The third-order valence-corrected chi connectivity index (χ3v) is 4.10. The van der Waals surface area contributed by atoms with Gasteiger partial charge < -0.3 is 9.80 Å². The summed E-state index contributed by atoms with van der Waals surface area (Å²) < 4.78 is 0. The van der Waals surface area contributed by atoms with E-state index in [4.69, 9.17) is 4.99 Å². The number of nitrogens with zero attached hydrogens (tertiary/aromatic N) is 4. The maximum atomic E-state index is 4.88. The van der Waals surface area contributed by atoms with Gasteiger partial charge in [-0.2, -0.15) is 0 Å². The Morgan fingerprint density at radius 1 is 0.950 bits per heavy atom. The second-order valence-corrected chi connectivity index (χ2v) is 6.69. The van der Waals surface area contributed by atoms with Crippen LogP contribution in [-0.4, -0.2) is 74.5 Å². The van der Waals surface area contributed by atoms with Gasteiger partial charge in [0.15, 0.2) is 5.96 Å². The van der Waals surface area contributed by atoms with Crippen molar-refractivity contribution in [2.75, 3.05) is 47.8 Å². The van der Waals surface area contributed by atoms with Crippen molar-refractivity contribution in [3.05, 3.63) is 0 Å². The number of guanidine groups is 1. The van der Waals surface area contributed by atoms with Crippen LogP contribution in [0.1, 0.15) is 39.5 Å². The smallest absolute Gasteiger partial charge is 0.195 e. The van der Waals surface area contributed by atoms with E-state index >= 15 is 0 Å². The molecule has 0 aromatic heterocycles. The Bertz CT molecular complexity index is 279. The number of likely N-dealkylation sites (tertiary alicyclic amines) is 1. The topological polar surface area (TPSA) is 22.1 Å². The predicted octanol–water partition coefficient (Wildman–Crippen LogP) is 2.37. The van der Waals surface area contributed by atoms with Crippen LogP contribution < -0.4 is 0 Å². The molecule has 0 N–H and O–H groups in total. The minimum absolute atomic E-state index is 0.572. The van der Waals surface area contributed by atoms with E-state index in [0.717, 1.165) is 12.5 Å². The molecule has 0 amide bonds. The molecule has 4 heteroatoms. The summed E-state index contributed by atoms with van der Waals surface area (Å²) >= 11 is 0. The van der Waals surface area contributed by atoms with Gasteiger partial charge in [-0.25, -0.2) is 0 Å². The molecule has 0 spiro atoms. The highest BCUT2D eigenvalue weighted by atomic mass is 15.3. The summed E-state index contributed by atoms with van der Waals surface area (Å²) in [6, 6.07) is 0.572. The Morgan fingerprint density at radius 3 is 1.85 bits per heavy atom. The largest absolute Gasteiger partial charge is 0.349 e. The molecule has 0 aromatic rings. The lowest BCUT2D eigenvalue weighted by Crippen LogP contribution is -2.43. The Kier molecular flexibility index (Phi) is 7.35. The first-order chi connectivity index (χ1) is 9.43. The summed E-state index contributed by atoms with van der Waals surface area (Å²) in [7, 11) is 8.26. The number of hydrogen-bond donors (Lipinski definition) is 0. The molecule has 1 heterocycles. The van der Waals surface area contributed by atoms with Crippen molar-refractivity contribution < 1.29 is 0 Å². The maximum absolute atomic E-state index is 4.88. The Morgan fingerprint density at radius 2 is 1.45 bits per heavy atom. The van der Waals surface area contributed by atoms with E-state index in [1.165, 1.54) is 38.8 Å². The fourth-order valence-corrected chi connectivity index (χ4v) is 3.03. The maximum Gasteiger partial charge on any atom is 0.195 e. The van der Waals surface area contributed by atoms with Gasteiger partial charge in [0.05, 0.1) is 6.54 Å². The van der Waals surface area contributed by atoms with Crippen LogP contribution >= 0.6 is 0 Å². The first-order valence-electron chi connectivity index (χ1n) is 8.06. The molecule has 0 saturated carbocycles. The van der Waals surface area contributed by atoms with Gasteiger partial charge in [-0.3, -0.25) is 9.89 Å². The predicted molar refractivity (Wildman–Crippen MR) is 88.3 cm³/mol. The highest BCUT2D eigenvalue weighted by Gasteiger charge is 2.22. The minimum Gasteiger partial charge on any atom is -0.349 e. The van der Waals surface area contributed by atoms with Gasteiger partial charge in [0.1, 0.15) is 0 Å². The molecule has 20 heavy (non-hydrogen) atoms. The molecule has 0 aromatic carbocycles. The molecule has 1 aliphatic heterocycles. The average Bonchev–Trinajstić information content (AvgIpc) is 2.61. The van der Waals surface area contributed by atoms with Crippen molar-refractivity contribution in [2.24, 2.45) is 10.9 Å². The van der Waals surface area contributed by atoms with Gasteiger partial charge in [-0.15, -0.1) is 0 Å². The zero-order chi connectivity index (χ0) is 15.1. The van der Waals surface area contributed by atoms with Crippen molar-refractivity contribution >= 4 is 5.96 Å². The van der Waals surface area contributed by atoms with Gasteiger partial charge in [0.25, 0.3) is 0 Å². The van der Waals surface area contributed by atoms with Gasteiger partial charge in [-0.05, 0) is 31.8 Å². The normalized spacial score (nSPS) is 18.6. The molecule has 1 aliphatic rings. The van der Waals surface area contributed by atoms with Crippen molar-refractivity contribution in [2.45, 2.75) is 45.6 Å². The molecule has 1 saturated heterocycles. The fraction of sp³-hybridized carbons (Fsp3) is 0.938. The van der Waals surface area contributed by atoms with E-state index in [2.05, 4.69) is 56.7 Å². The second-order valence-electron chi connectivity index (χ2n) is 6.69. The third-order valence-electron chi connectivity index (χ3n) is 4.10. The van der Waals surface area contributed by atoms with Crippen LogP contribution in [0.5, 0.6) is 0 Å². The summed E-state index contributed by atoms with van der Waals surface area (Å²) in [5.74, 6) is 1.72. The average molecular weight is 282 g/mol. The summed E-state index contributed by atoms with van der Waals surface area (Å²) in [5, 5.41) is 0. The highest BCUT2D eigenvalue weighted by Crippen LogP contribution is 2.18. The molecule has 1 atom stereocenters. The van der Waals surface area contributed by atoms with Crippen LogP contribution in [-0.2, 0) is 0 Å². The van der Waals surface area contributed by atoms with Crippen molar-refractivity contribution in [1.82, 2.24) is 14.7 Å². The van der Waals surface area contributed by atoms with Gasteiger partial charge >= 0.3 is 0 Å². The Labute approximate surface area is 125 Å². The SMILES string of the molecule is CC(C)C(CN=C(N(C)C)N(C)C)N1CCCCCC1. The van der Waals surface area contributed by atoms with Crippen LogP contribution in [0.2, 0.25) is 0 Å². The minimum atomic E-state index is 0.572. The van der Waals surface area contributed by atoms with Crippen molar-refractivity contribution in [3.63, 3.8) is 0 Å². The van der Waals surface area contributed by atoms with Crippen molar-refractivity contribution in [3.8, 4) is 0 Å². The lowest BCUT2D eigenvalue weighted by Gasteiger charge is -2.33. The monoisotopic (exact) mass is 282 g/mol. The quantitative estimate of drug-likeness (QED) is 0.584. The van der Waals surface area contributed by atoms with E-state index in [-0.39, 0.29) is 0 Å². The van der Waals surface area contributed by atoms with Crippen LogP contribution in [0, 0.1) is 5.92 Å². The van der Waals surface area contributed by atoms with Gasteiger partial charge in [-0.1, -0.05) is 26.7 Å². The molecule has 1 fully saturated rings. The van der Waals surface area contributed by atoms with Crippen LogP contribution in [0.15, 0.2) is 4.99 Å². The lowest BCUT2D eigenvalue weighted by atomic mass is 10.0. The number of aliphatic imine (C=N–C) groups is 1. The van der Waals surface area contributed by atoms with Gasteiger partial charge in [0.2, 0.25) is 0 Å².